The third-order valence-electron chi connectivity index (χ3n) is 2.69. The van der Waals surface area contributed by atoms with Crippen LogP contribution in [0, 0.1) is 0 Å². The number of amides is 1. The Morgan fingerprint density at radius 2 is 2.06 bits per heavy atom. The molecule has 0 bridgehead atoms. The molecule has 1 aromatic rings. The largest absolute Gasteiger partial charge is 0.508 e. The van der Waals surface area contributed by atoms with Crippen LogP contribution in [0.25, 0.3) is 0 Å². The van der Waals surface area contributed by atoms with Gasteiger partial charge in [0, 0.05) is 12.1 Å². The van der Waals surface area contributed by atoms with E-state index in [-0.39, 0.29) is 18.1 Å². The average molecular weight is 267 g/mol. The molecule has 1 aromatic carbocycles. The standard InChI is InChI=1S/C14H21NO2S/c1-18-10-6-2-5-9-15-14(17)11-12-7-3-4-8-13(12)16/h3-4,7-8,16H,2,5-6,9-11H2,1H3,(H,15,17). The van der Waals surface area contributed by atoms with Crippen LogP contribution in [0.4, 0.5) is 0 Å². The Hall–Kier alpha value is -1.16. The van der Waals surface area contributed by atoms with Crippen molar-refractivity contribution in [1.29, 1.82) is 0 Å². The van der Waals surface area contributed by atoms with Crippen LogP contribution in [0.2, 0.25) is 0 Å². The molecular formula is C14H21NO2S. The summed E-state index contributed by atoms with van der Waals surface area (Å²) in [5.74, 6) is 1.35. The minimum absolute atomic E-state index is 0.0265. The van der Waals surface area contributed by atoms with Gasteiger partial charge in [-0.15, -0.1) is 0 Å². The van der Waals surface area contributed by atoms with Crippen LogP contribution in [-0.2, 0) is 11.2 Å². The number of nitrogens with one attached hydrogen (secondary N) is 1. The summed E-state index contributed by atoms with van der Waals surface area (Å²) >= 11 is 1.85. The Labute approximate surface area is 113 Å². The highest BCUT2D eigenvalue weighted by Crippen LogP contribution is 2.15. The molecule has 0 unspecified atom stereocenters. The molecular weight excluding hydrogens is 246 g/mol. The summed E-state index contributed by atoms with van der Waals surface area (Å²) in [6, 6.07) is 6.95. The lowest BCUT2D eigenvalue weighted by Crippen LogP contribution is -2.26. The van der Waals surface area contributed by atoms with E-state index in [9.17, 15) is 9.90 Å². The second-order valence-corrected chi connectivity index (χ2v) is 5.19. The highest BCUT2D eigenvalue weighted by molar-refractivity contribution is 7.98. The fraction of sp³-hybridized carbons (Fsp3) is 0.500. The van der Waals surface area contributed by atoms with E-state index in [1.165, 1.54) is 12.2 Å². The molecule has 0 atom stereocenters. The number of phenols is 1. The van der Waals surface area contributed by atoms with Crippen LogP contribution in [0.15, 0.2) is 24.3 Å². The van der Waals surface area contributed by atoms with Crippen LogP contribution < -0.4 is 5.32 Å². The molecule has 4 heteroatoms. The molecule has 0 aliphatic carbocycles. The van der Waals surface area contributed by atoms with Gasteiger partial charge in [0.25, 0.3) is 0 Å². The zero-order valence-corrected chi connectivity index (χ0v) is 11.6. The molecule has 100 valence electrons. The molecule has 18 heavy (non-hydrogen) atoms. The highest BCUT2D eigenvalue weighted by atomic mass is 32.2. The summed E-state index contributed by atoms with van der Waals surface area (Å²) in [5, 5.41) is 12.4. The molecule has 0 radical (unpaired) electrons. The molecule has 0 fully saturated rings. The minimum Gasteiger partial charge on any atom is -0.508 e. The van der Waals surface area contributed by atoms with Gasteiger partial charge in [0.05, 0.1) is 6.42 Å². The second kappa shape index (κ2) is 8.86. The summed E-state index contributed by atoms with van der Waals surface area (Å²) in [6.45, 7) is 0.723. The van der Waals surface area contributed by atoms with Crippen molar-refractivity contribution >= 4 is 17.7 Å². The average Bonchev–Trinajstić information content (AvgIpc) is 2.36. The van der Waals surface area contributed by atoms with Gasteiger partial charge in [0.15, 0.2) is 0 Å². The van der Waals surface area contributed by atoms with E-state index in [0.29, 0.717) is 5.56 Å². The van der Waals surface area contributed by atoms with E-state index in [0.717, 1.165) is 19.4 Å². The maximum absolute atomic E-state index is 11.6. The fourth-order valence-corrected chi connectivity index (χ4v) is 2.16. The molecule has 0 spiro atoms. The molecule has 2 N–H and O–H groups in total. The number of thioether (sulfide) groups is 1. The normalized spacial score (nSPS) is 10.3. The monoisotopic (exact) mass is 267 g/mol. The van der Waals surface area contributed by atoms with Gasteiger partial charge in [-0.2, -0.15) is 11.8 Å². The zero-order valence-electron chi connectivity index (χ0n) is 10.8. The first kappa shape index (κ1) is 14.9. The topological polar surface area (TPSA) is 49.3 Å². The number of carbonyl (C=O) groups is 1. The Bertz CT molecular complexity index is 369. The molecule has 0 saturated heterocycles. The number of carbonyl (C=O) groups excluding carboxylic acids is 1. The van der Waals surface area contributed by atoms with E-state index >= 15 is 0 Å². The van der Waals surface area contributed by atoms with Crippen LogP contribution in [-0.4, -0.2) is 29.6 Å². The summed E-state index contributed by atoms with van der Waals surface area (Å²) in [6.07, 6.45) is 5.73. The van der Waals surface area contributed by atoms with Crippen molar-refractivity contribution in [2.45, 2.75) is 25.7 Å². The number of para-hydroxylation sites is 1. The number of hydrogen-bond donors (Lipinski definition) is 2. The Balaban J connectivity index is 2.16. The first-order chi connectivity index (χ1) is 8.74. The van der Waals surface area contributed by atoms with Gasteiger partial charge in [-0.1, -0.05) is 24.6 Å². The molecule has 1 amide bonds. The van der Waals surface area contributed by atoms with Crippen molar-refractivity contribution in [2.24, 2.45) is 0 Å². The number of rotatable bonds is 8. The van der Waals surface area contributed by atoms with Gasteiger partial charge >= 0.3 is 0 Å². The second-order valence-electron chi connectivity index (χ2n) is 4.21. The van der Waals surface area contributed by atoms with Gasteiger partial charge in [-0.25, -0.2) is 0 Å². The number of benzene rings is 1. The van der Waals surface area contributed by atoms with Crippen LogP contribution >= 0.6 is 11.8 Å². The maximum atomic E-state index is 11.6. The molecule has 1 rings (SSSR count). The van der Waals surface area contributed by atoms with Crippen molar-refractivity contribution in [3.63, 3.8) is 0 Å². The van der Waals surface area contributed by atoms with Gasteiger partial charge in [-0.3, -0.25) is 4.79 Å². The Morgan fingerprint density at radius 1 is 1.28 bits per heavy atom. The lowest BCUT2D eigenvalue weighted by Gasteiger charge is -2.06. The van der Waals surface area contributed by atoms with Crippen molar-refractivity contribution < 1.29 is 9.90 Å². The SMILES string of the molecule is CSCCCCCNC(=O)Cc1ccccc1O. The third kappa shape index (κ3) is 5.96. The molecule has 0 aliphatic rings. The summed E-state index contributed by atoms with van der Waals surface area (Å²) in [7, 11) is 0. The van der Waals surface area contributed by atoms with E-state index < -0.39 is 0 Å². The fourth-order valence-electron chi connectivity index (χ4n) is 1.67. The van der Waals surface area contributed by atoms with Crippen molar-refractivity contribution in [3.8, 4) is 5.75 Å². The molecule has 0 heterocycles. The van der Waals surface area contributed by atoms with Crippen molar-refractivity contribution in [2.75, 3.05) is 18.6 Å². The van der Waals surface area contributed by atoms with Gasteiger partial charge in [-0.05, 0) is 30.9 Å². The van der Waals surface area contributed by atoms with E-state index in [2.05, 4.69) is 11.6 Å². The van der Waals surface area contributed by atoms with E-state index in [4.69, 9.17) is 0 Å². The smallest absolute Gasteiger partial charge is 0.224 e. The van der Waals surface area contributed by atoms with E-state index in [1.807, 2.05) is 17.8 Å². The summed E-state index contributed by atoms with van der Waals surface area (Å²) in [5.41, 5.74) is 0.678. The van der Waals surface area contributed by atoms with Gasteiger partial charge < -0.3 is 10.4 Å². The van der Waals surface area contributed by atoms with Crippen molar-refractivity contribution in [1.82, 2.24) is 5.32 Å². The molecule has 3 nitrogen and oxygen atoms in total. The quantitative estimate of drug-likeness (QED) is 0.712. The lowest BCUT2D eigenvalue weighted by atomic mass is 10.1. The molecule has 0 saturated carbocycles. The van der Waals surface area contributed by atoms with E-state index in [1.54, 1.807) is 18.2 Å². The first-order valence-corrected chi connectivity index (χ1v) is 7.66. The van der Waals surface area contributed by atoms with Gasteiger partial charge in [0.2, 0.25) is 5.91 Å². The minimum atomic E-state index is -0.0265. The molecule has 0 aromatic heterocycles. The predicted molar refractivity (Wildman–Crippen MR) is 77.1 cm³/mol. The third-order valence-corrected chi connectivity index (χ3v) is 3.39. The molecule has 0 aliphatic heterocycles. The Morgan fingerprint density at radius 3 is 2.78 bits per heavy atom. The van der Waals surface area contributed by atoms with Crippen LogP contribution in [0.3, 0.4) is 0 Å². The number of hydrogen-bond acceptors (Lipinski definition) is 3. The summed E-state index contributed by atoms with van der Waals surface area (Å²) < 4.78 is 0. The predicted octanol–water partition coefficient (Wildman–Crippen LogP) is 2.58. The lowest BCUT2D eigenvalue weighted by molar-refractivity contribution is -0.120. The van der Waals surface area contributed by atoms with Crippen LogP contribution in [0.5, 0.6) is 5.75 Å². The number of phenolic OH excluding ortho intramolecular Hbond substituents is 1. The Kier molecular flexibility index (Phi) is 7.34. The highest BCUT2D eigenvalue weighted by Gasteiger charge is 2.05. The number of unbranched alkanes of at least 4 members (excludes halogenated alkanes) is 2. The van der Waals surface area contributed by atoms with Gasteiger partial charge in [0.1, 0.15) is 5.75 Å². The van der Waals surface area contributed by atoms with Crippen LogP contribution in [0.1, 0.15) is 24.8 Å². The zero-order chi connectivity index (χ0) is 13.2. The maximum Gasteiger partial charge on any atom is 0.224 e. The van der Waals surface area contributed by atoms with Crippen molar-refractivity contribution in [3.05, 3.63) is 29.8 Å². The summed E-state index contributed by atoms with van der Waals surface area (Å²) in [4.78, 5) is 11.6. The number of aromatic hydroxyl groups is 1. The first-order valence-electron chi connectivity index (χ1n) is 6.26.